The first-order valence-corrected chi connectivity index (χ1v) is 13.4. The standard InChI is InChI=1S/C26H34FN3OS/c27-22-17-19(13-14-23(22)29-15-7-8-16-29)18-24-25(31)30(21-11-5-2-6-12-21)26(32-24)28-20-9-3-1-4-10-20/h13-14,17-18,20-21H,1-12,15-16H2/b24-18-,28-26?. The van der Waals surface area contributed by atoms with Crippen molar-refractivity contribution in [1.82, 2.24) is 4.90 Å². The quantitative estimate of drug-likeness (QED) is 0.495. The molecule has 4 aliphatic rings. The molecule has 0 aromatic heterocycles. The van der Waals surface area contributed by atoms with Crippen LogP contribution in [-0.2, 0) is 4.79 Å². The summed E-state index contributed by atoms with van der Waals surface area (Å²) in [6.45, 7) is 1.84. The van der Waals surface area contributed by atoms with Crippen LogP contribution in [0.3, 0.4) is 0 Å². The molecule has 2 saturated heterocycles. The van der Waals surface area contributed by atoms with Crippen molar-refractivity contribution in [2.24, 2.45) is 4.99 Å². The third kappa shape index (κ3) is 4.75. The molecule has 0 N–H and O–H groups in total. The molecule has 1 aromatic rings. The fraction of sp³-hybridized carbons (Fsp3) is 0.615. The van der Waals surface area contributed by atoms with Crippen LogP contribution in [0, 0.1) is 5.82 Å². The van der Waals surface area contributed by atoms with Crippen LogP contribution in [0.4, 0.5) is 10.1 Å². The lowest BCUT2D eigenvalue weighted by atomic mass is 9.94. The van der Waals surface area contributed by atoms with Crippen molar-refractivity contribution in [3.8, 4) is 0 Å². The van der Waals surface area contributed by atoms with Gasteiger partial charge in [-0.15, -0.1) is 0 Å². The van der Waals surface area contributed by atoms with Gasteiger partial charge in [0.05, 0.1) is 16.6 Å². The van der Waals surface area contributed by atoms with Crippen molar-refractivity contribution in [1.29, 1.82) is 0 Å². The second-order valence-corrected chi connectivity index (χ2v) is 10.7. The highest BCUT2D eigenvalue weighted by Crippen LogP contribution is 2.38. The lowest BCUT2D eigenvalue weighted by Gasteiger charge is -2.31. The van der Waals surface area contributed by atoms with Crippen LogP contribution < -0.4 is 4.90 Å². The molecule has 2 aliphatic carbocycles. The zero-order chi connectivity index (χ0) is 21.9. The Hall–Kier alpha value is -1.82. The normalized spacial score (nSPS) is 26.1. The predicted molar refractivity (Wildman–Crippen MR) is 131 cm³/mol. The Bertz CT molecular complexity index is 896. The molecule has 4 nitrogen and oxygen atoms in total. The maximum absolute atomic E-state index is 14.8. The van der Waals surface area contributed by atoms with E-state index in [0.29, 0.717) is 16.6 Å². The minimum Gasteiger partial charge on any atom is -0.369 e. The van der Waals surface area contributed by atoms with E-state index in [1.54, 1.807) is 6.07 Å². The van der Waals surface area contributed by atoms with Gasteiger partial charge in [-0.3, -0.25) is 14.7 Å². The van der Waals surface area contributed by atoms with Gasteiger partial charge in [-0.05, 0) is 74.1 Å². The number of benzene rings is 1. The molecule has 2 heterocycles. The molecule has 2 saturated carbocycles. The molecular weight excluding hydrogens is 421 g/mol. The monoisotopic (exact) mass is 455 g/mol. The second-order valence-electron chi connectivity index (χ2n) is 9.69. The number of rotatable bonds is 4. The molecule has 1 aromatic carbocycles. The summed E-state index contributed by atoms with van der Waals surface area (Å²) < 4.78 is 14.8. The number of nitrogens with zero attached hydrogens (tertiary/aromatic N) is 3. The molecule has 2 aliphatic heterocycles. The van der Waals surface area contributed by atoms with E-state index < -0.39 is 0 Å². The minimum absolute atomic E-state index is 0.0560. The van der Waals surface area contributed by atoms with Gasteiger partial charge < -0.3 is 4.90 Å². The Balaban J connectivity index is 1.40. The Morgan fingerprint density at radius 2 is 1.62 bits per heavy atom. The van der Waals surface area contributed by atoms with Crippen LogP contribution in [0.15, 0.2) is 28.1 Å². The summed E-state index contributed by atoms with van der Waals surface area (Å²) in [6.07, 6.45) is 15.8. The number of hydrogen-bond donors (Lipinski definition) is 0. The van der Waals surface area contributed by atoms with Crippen LogP contribution >= 0.6 is 11.8 Å². The van der Waals surface area contributed by atoms with E-state index in [2.05, 4.69) is 4.90 Å². The molecule has 0 unspecified atom stereocenters. The smallest absolute Gasteiger partial charge is 0.266 e. The van der Waals surface area contributed by atoms with Gasteiger partial charge in [0.1, 0.15) is 5.82 Å². The molecule has 4 fully saturated rings. The zero-order valence-electron chi connectivity index (χ0n) is 18.9. The van der Waals surface area contributed by atoms with Crippen LogP contribution in [0.5, 0.6) is 0 Å². The number of amides is 1. The van der Waals surface area contributed by atoms with E-state index >= 15 is 0 Å². The Kier molecular flexibility index (Phi) is 6.86. The van der Waals surface area contributed by atoms with Gasteiger partial charge in [-0.2, -0.15) is 0 Å². The van der Waals surface area contributed by atoms with Gasteiger partial charge in [0.2, 0.25) is 0 Å². The van der Waals surface area contributed by atoms with Crippen molar-refractivity contribution < 1.29 is 9.18 Å². The highest BCUT2D eigenvalue weighted by atomic mass is 32.2. The van der Waals surface area contributed by atoms with E-state index in [4.69, 9.17) is 4.99 Å². The third-order valence-electron chi connectivity index (χ3n) is 7.36. The molecule has 0 radical (unpaired) electrons. The van der Waals surface area contributed by atoms with Crippen molar-refractivity contribution in [2.75, 3.05) is 18.0 Å². The predicted octanol–water partition coefficient (Wildman–Crippen LogP) is 6.36. The molecule has 0 atom stereocenters. The first-order chi connectivity index (χ1) is 15.7. The lowest BCUT2D eigenvalue weighted by Crippen LogP contribution is -2.41. The summed E-state index contributed by atoms with van der Waals surface area (Å²) in [5.41, 5.74) is 1.43. The van der Waals surface area contributed by atoms with Crippen molar-refractivity contribution >= 4 is 34.6 Å². The number of halogens is 1. The van der Waals surface area contributed by atoms with E-state index in [1.807, 2.05) is 23.1 Å². The summed E-state index contributed by atoms with van der Waals surface area (Å²) in [5.74, 6) is -0.141. The Morgan fingerprint density at radius 3 is 2.31 bits per heavy atom. The van der Waals surface area contributed by atoms with E-state index in [0.717, 1.165) is 62.3 Å². The van der Waals surface area contributed by atoms with Gasteiger partial charge in [0, 0.05) is 19.1 Å². The summed E-state index contributed by atoms with van der Waals surface area (Å²) >= 11 is 1.50. The molecule has 32 heavy (non-hydrogen) atoms. The van der Waals surface area contributed by atoms with Crippen LogP contribution in [0.2, 0.25) is 0 Å². The molecule has 0 spiro atoms. The van der Waals surface area contributed by atoms with E-state index in [-0.39, 0.29) is 17.8 Å². The van der Waals surface area contributed by atoms with E-state index in [9.17, 15) is 9.18 Å². The first kappa shape index (κ1) is 22.0. The number of hydrogen-bond acceptors (Lipinski definition) is 4. The summed E-state index contributed by atoms with van der Waals surface area (Å²) in [7, 11) is 0. The molecule has 172 valence electrons. The highest BCUT2D eigenvalue weighted by molar-refractivity contribution is 8.18. The molecule has 5 rings (SSSR count). The Labute approximate surface area is 195 Å². The first-order valence-electron chi connectivity index (χ1n) is 12.5. The van der Waals surface area contributed by atoms with Gasteiger partial charge in [-0.25, -0.2) is 4.39 Å². The summed E-state index contributed by atoms with van der Waals surface area (Å²) in [5, 5.41) is 0.884. The average Bonchev–Trinajstić information content (AvgIpc) is 3.44. The largest absolute Gasteiger partial charge is 0.369 e. The van der Waals surface area contributed by atoms with Crippen molar-refractivity contribution in [3.05, 3.63) is 34.5 Å². The van der Waals surface area contributed by atoms with Crippen molar-refractivity contribution in [3.63, 3.8) is 0 Å². The van der Waals surface area contributed by atoms with Crippen molar-refractivity contribution in [2.45, 2.75) is 89.1 Å². The van der Waals surface area contributed by atoms with Crippen LogP contribution in [0.1, 0.15) is 82.6 Å². The van der Waals surface area contributed by atoms with Gasteiger partial charge in [-0.1, -0.05) is 44.6 Å². The number of carbonyl (C=O) groups excluding carboxylic acids is 1. The molecular formula is C26H34FN3OS. The molecule has 1 amide bonds. The summed E-state index contributed by atoms with van der Waals surface area (Å²) in [6, 6.07) is 5.98. The van der Waals surface area contributed by atoms with Gasteiger partial charge in [0.15, 0.2) is 5.17 Å². The maximum Gasteiger partial charge on any atom is 0.266 e. The van der Waals surface area contributed by atoms with Gasteiger partial charge >= 0.3 is 0 Å². The fourth-order valence-corrected chi connectivity index (χ4v) is 6.69. The average molecular weight is 456 g/mol. The number of thioether (sulfide) groups is 1. The molecule has 0 bridgehead atoms. The highest BCUT2D eigenvalue weighted by Gasteiger charge is 2.39. The van der Waals surface area contributed by atoms with Gasteiger partial charge in [0.25, 0.3) is 5.91 Å². The zero-order valence-corrected chi connectivity index (χ0v) is 19.7. The summed E-state index contributed by atoms with van der Waals surface area (Å²) in [4.78, 5) is 23.3. The van der Waals surface area contributed by atoms with Crippen LogP contribution in [0.25, 0.3) is 6.08 Å². The topological polar surface area (TPSA) is 35.9 Å². The lowest BCUT2D eigenvalue weighted by molar-refractivity contribution is -0.124. The molecule has 6 heteroatoms. The number of anilines is 1. The number of carbonyl (C=O) groups is 1. The number of aliphatic imine (C=N–C) groups is 1. The SMILES string of the molecule is O=C1/C(=C/c2ccc(N3CCCC3)c(F)c2)SC(=NC2CCCCC2)N1C1CCCCC1. The third-order valence-corrected chi connectivity index (χ3v) is 8.36. The maximum atomic E-state index is 14.8. The Morgan fingerprint density at radius 1 is 0.938 bits per heavy atom. The second kappa shape index (κ2) is 9.98. The minimum atomic E-state index is -0.197. The number of amidine groups is 1. The fourth-order valence-electron chi connectivity index (χ4n) is 5.58. The van der Waals surface area contributed by atoms with E-state index in [1.165, 1.54) is 50.3 Å². The van der Waals surface area contributed by atoms with Crippen LogP contribution in [-0.4, -0.2) is 41.1 Å².